The van der Waals surface area contributed by atoms with E-state index < -0.39 is 85.4 Å². The van der Waals surface area contributed by atoms with Gasteiger partial charge in [-0.3, -0.25) is 25.0 Å². The number of furan rings is 2. The Hall–Kier alpha value is -8.29. The second-order valence-corrected chi connectivity index (χ2v) is 21.6. The van der Waals surface area contributed by atoms with E-state index in [1.165, 1.54) is 115 Å². The van der Waals surface area contributed by atoms with E-state index in [1.807, 2.05) is 13.0 Å². The van der Waals surface area contributed by atoms with Crippen LogP contribution in [-0.2, 0) is 7.05 Å². The van der Waals surface area contributed by atoms with Crippen LogP contribution in [0.1, 0.15) is 11.5 Å². The van der Waals surface area contributed by atoms with Gasteiger partial charge in [-0.15, -0.1) is 11.3 Å². The Morgan fingerprint density at radius 1 is 0.427 bits per heavy atom. The molecular formula is C52H69B12N9O27S3. The Bertz CT molecular complexity index is 3340. The molecule has 538 valence electrons. The van der Waals surface area contributed by atoms with Crippen LogP contribution in [0.3, 0.4) is 0 Å². The molecule has 0 amide bonds. The smallest absolute Gasteiger partial charge is 0.473 e. The van der Waals surface area contributed by atoms with E-state index in [0.29, 0.717) is 48.2 Å². The minimum atomic E-state index is -1.60. The predicted molar refractivity (Wildman–Crippen MR) is 393 cm³/mol. The number of aromatic nitrogens is 9. The van der Waals surface area contributed by atoms with Gasteiger partial charge in [-0.1, -0.05) is 60.7 Å². The van der Waals surface area contributed by atoms with Crippen molar-refractivity contribution in [2.45, 2.75) is 13.8 Å². The fourth-order valence-corrected chi connectivity index (χ4v) is 7.82. The highest BCUT2D eigenvalue weighted by atomic mass is 32.1. The first-order chi connectivity index (χ1) is 48.8. The Kier molecular flexibility index (Phi) is 48.9. The van der Waals surface area contributed by atoms with Crippen molar-refractivity contribution in [3.8, 4) is 0 Å². The lowest BCUT2D eigenvalue weighted by Crippen LogP contribution is -2.31. The highest BCUT2D eigenvalue weighted by Gasteiger charge is 2.19. The quantitative estimate of drug-likeness (QED) is 0.0505. The zero-order valence-electron chi connectivity index (χ0n) is 54.4. The third-order valence-electron chi connectivity index (χ3n) is 10.8. The second-order valence-electron chi connectivity index (χ2n) is 19.0. The van der Waals surface area contributed by atoms with Crippen LogP contribution in [0.5, 0.6) is 0 Å². The van der Waals surface area contributed by atoms with Gasteiger partial charge < -0.3 is 138 Å². The van der Waals surface area contributed by atoms with Crippen molar-refractivity contribution in [2.24, 2.45) is 7.05 Å². The van der Waals surface area contributed by atoms with Crippen molar-refractivity contribution in [1.29, 1.82) is 0 Å². The molecule has 0 unspecified atom stereocenters. The molecule has 0 aliphatic rings. The number of thiazole rings is 1. The lowest BCUT2D eigenvalue weighted by atomic mass is 9.81. The van der Waals surface area contributed by atoms with Gasteiger partial charge in [0.25, 0.3) is 0 Å². The van der Waals surface area contributed by atoms with E-state index in [-0.39, 0.29) is 22.6 Å². The Morgan fingerprint density at radius 2 is 1.04 bits per heavy atom. The number of imidazole rings is 1. The standard InChI is InChI=1S/C6H7BO2.3C5H6BNO2.C4H7BN2O2.C4H6BNO3.C4H6BNO2S.2C4H5BO3.2C4H5BO2S.C3H5BN2O2/c8-7(9)6-4-2-1-3-5-6;8-6(9)5-1-3-7-4-2-5;8-6(9)5-2-1-3-7-4-5;8-6(9)5-3-1-2-4-7-5;1-7-2-4(5(8)9)6-3-7;1-3-2-6-4(9-3)5(7)8;1-3-2-9-4(6-3)5(7)8;6-5(7)4-1-2-8-3-4;6-5(7)4-2-1-3-8-4;6-5(7)4-1-2-8-3-4;6-5(7)4-2-1-3-8-4;7-4(8)3-1-5-6-2-3/h1-5,8-9H;3*1-4,8-9H;2-3,8-9H,1H3;2*2,7-8H,1H3;4*1-3,6-7H;1-2,7-8H,(H,5,6). The average Bonchev–Trinajstić information content (AvgIpc) is 1.67. The summed E-state index contributed by atoms with van der Waals surface area (Å²) in [6.07, 6.45) is 18.8. The number of H-pyrrole nitrogens is 1. The Morgan fingerprint density at radius 3 is 1.31 bits per heavy atom. The van der Waals surface area contributed by atoms with Gasteiger partial charge in [-0.2, -0.15) is 27.8 Å². The first-order valence-electron chi connectivity index (χ1n) is 28.9. The normalized spacial score (nSPS) is 9.31. The first-order valence-corrected chi connectivity index (χ1v) is 31.6. The SMILES string of the molecule is Cc1cnc(B(O)O)o1.Cc1csc(B(O)O)n1.Cn1cnc(B(O)O)c1.OB(O)c1ccccc1.OB(O)c1ccccn1.OB(O)c1cccnc1.OB(O)c1ccco1.OB(O)c1cccs1.OB(O)c1ccncc1.OB(O)c1ccoc1.OB(O)c1ccsc1.OB(O)c1cn[nH]c1. The van der Waals surface area contributed by atoms with Gasteiger partial charge in [0.2, 0.25) is 5.79 Å². The number of nitrogens with zero attached hydrogens (tertiary/aromatic N) is 8. The number of thiophene rings is 2. The number of pyridine rings is 3. The molecule has 51 heteroatoms. The maximum absolute atomic E-state index is 8.58. The summed E-state index contributed by atoms with van der Waals surface area (Å²) >= 11 is 4.03. The molecule has 11 aromatic heterocycles. The number of benzene rings is 1. The fourth-order valence-electron chi connectivity index (χ4n) is 5.89. The van der Waals surface area contributed by atoms with E-state index in [4.69, 9.17) is 125 Å². The van der Waals surface area contributed by atoms with Gasteiger partial charge in [0.1, 0.15) is 16.3 Å². The average molecular weight is 1480 g/mol. The number of rotatable bonds is 12. The zero-order valence-corrected chi connectivity index (χ0v) is 56.8. The summed E-state index contributed by atoms with van der Waals surface area (Å²) in [5.74, 6) is 0.505. The number of aryl methyl sites for hydroxylation is 3. The Balaban J connectivity index is 0.000000562. The van der Waals surface area contributed by atoms with Crippen molar-refractivity contribution in [1.82, 2.24) is 44.7 Å². The van der Waals surface area contributed by atoms with E-state index >= 15 is 0 Å². The van der Waals surface area contributed by atoms with Crippen LogP contribution >= 0.6 is 34.0 Å². The maximum atomic E-state index is 8.58. The van der Waals surface area contributed by atoms with Crippen LogP contribution in [-0.4, -0.2) is 251 Å². The minimum Gasteiger partial charge on any atom is -0.473 e. The minimum absolute atomic E-state index is 0.0625. The molecule has 0 saturated carbocycles. The van der Waals surface area contributed by atoms with Crippen LogP contribution in [0.25, 0.3) is 0 Å². The van der Waals surface area contributed by atoms with E-state index in [1.54, 1.807) is 143 Å². The first kappa shape index (κ1) is 92.7. The maximum Gasteiger partial charge on any atom is 0.548 e. The Labute approximate surface area is 603 Å². The molecule has 0 saturated heterocycles. The largest absolute Gasteiger partial charge is 0.548 e. The van der Waals surface area contributed by atoms with E-state index in [9.17, 15) is 0 Å². The molecule has 12 rings (SSSR count). The van der Waals surface area contributed by atoms with Crippen LogP contribution in [0, 0.1) is 13.8 Å². The molecule has 0 aliphatic carbocycles. The van der Waals surface area contributed by atoms with Gasteiger partial charge in [-0.05, 0) is 94.9 Å². The number of hydrogen-bond donors (Lipinski definition) is 25. The van der Waals surface area contributed by atoms with Crippen molar-refractivity contribution in [3.05, 3.63) is 223 Å². The molecule has 1 aromatic carbocycles. The topological polar surface area (TPSA) is 636 Å². The molecule has 0 spiro atoms. The van der Waals surface area contributed by atoms with E-state index in [0.717, 1.165) is 5.69 Å². The third kappa shape index (κ3) is 44.1. The number of hydrogen-bond acceptors (Lipinski definition) is 37. The summed E-state index contributed by atoms with van der Waals surface area (Å²) in [6, 6.07) is 29.7. The van der Waals surface area contributed by atoms with E-state index in [2.05, 4.69) is 48.9 Å². The van der Waals surface area contributed by atoms with Crippen molar-refractivity contribution < 1.29 is 134 Å². The number of oxazole rings is 1. The number of nitrogens with one attached hydrogen (secondary N) is 1. The molecule has 12 aromatic rings. The molecule has 0 fully saturated rings. The number of aromatic amines is 1. The molecule has 11 heterocycles. The summed E-state index contributed by atoms with van der Waals surface area (Å²) in [5.41, 5.74) is 4.27. The van der Waals surface area contributed by atoms with Crippen LogP contribution in [0.2, 0.25) is 0 Å². The fraction of sp³-hybridized carbons (Fsp3) is 0.0577. The summed E-state index contributed by atoms with van der Waals surface area (Å²) in [6.45, 7) is 3.49. The molecule has 0 aliphatic heterocycles. The molecular weight excluding hydrogens is 1410 g/mol. The molecule has 0 atom stereocenters. The van der Waals surface area contributed by atoms with Gasteiger partial charge in [-0.25, -0.2) is 9.97 Å². The van der Waals surface area contributed by atoms with Gasteiger partial charge in [0, 0.05) is 88.9 Å². The van der Waals surface area contributed by atoms with Crippen LogP contribution in [0.15, 0.2) is 225 Å². The van der Waals surface area contributed by atoms with Crippen LogP contribution < -0.4 is 65.1 Å². The lowest BCUT2D eigenvalue weighted by Gasteiger charge is -1.94. The van der Waals surface area contributed by atoms with Gasteiger partial charge >= 0.3 is 85.4 Å². The second kappa shape index (κ2) is 54.4. The van der Waals surface area contributed by atoms with Crippen molar-refractivity contribution >= 4 is 185 Å². The summed E-state index contributed by atoms with van der Waals surface area (Å²) in [5, 5.41) is 217. The highest BCUT2D eigenvalue weighted by molar-refractivity contribution is 7.20. The third-order valence-corrected chi connectivity index (χ3v) is 13.5. The van der Waals surface area contributed by atoms with Crippen molar-refractivity contribution in [3.63, 3.8) is 0 Å². The molecule has 0 radical (unpaired) electrons. The zero-order chi connectivity index (χ0) is 77.2. The molecule has 103 heavy (non-hydrogen) atoms. The predicted octanol–water partition coefficient (Wildman–Crippen LogP) is -13.6. The molecule has 36 nitrogen and oxygen atoms in total. The van der Waals surface area contributed by atoms with Crippen LogP contribution in [0.4, 0.5) is 0 Å². The molecule has 0 bridgehead atoms. The monoisotopic (exact) mass is 1480 g/mol. The summed E-state index contributed by atoms with van der Waals surface area (Å²) < 4.78 is 16.1. The summed E-state index contributed by atoms with van der Waals surface area (Å²) in [7, 11) is -15.2. The van der Waals surface area contributed by atoms with Crippen molar-refractivity contribution in [2.75, 3.05) is 0 Å². The highest BCUT2D eigenvalue weighted by Crippen LogP contribution is 1.97. The lowest BCUT2D eigenvalue weighted by molar-refractivity contribution is 0.404. The van der Waals surface area contributed by atoms with Gasteiger partial charge in [0.05, 0.1) is 42.5 Å². The summed E-state index contributed by atoms with van der Waals surface area (Å²) in [4.78, 5) is 22.5. The van der Waals surface area contributed by atoms with Gasteiger partial charge in [0.15, 0.2) is 0 Å². The molecule has 25 N–H and O–H groups in total.